The summed E-state index contributed by atoms with van der Waals surface area (Å²) in [6.07, 6.45) is 5.96. The van der Waals surface area contributed by atoms with E-state index >= 15 is 0 Å². The largest absolute Gasteiger partial charge is 0.365 e. The van der Waals surface area contributed by atoms with Crippen LogP contribution in [0.2, 0.25) is 0 Å². The SMILES string of the molecule is CCOC(O)C=CC(C)(C)COC1CCCCO1. The van der Waals surface area contributed by atoms with Crippen molar-refractivity contribution in [2.24, 2.45) is 5.41 Å². The average molecular weight is 258 g/mol. The fourth-order valence-electron chi connectivity index (χ4n) is 1.77. The fraction of sp³-hybridized carbons (Fsp3) is 0.857. The minimum absolute atomic E-state index is 0.0664. The summed E-state index contributed by atoms with van der Waals surface area (Å²) in [4.78, 5) is 0. The molecule has 1 heterocycles. The molecule has 106 valence electrons. The maximum absolute atomic E-state index is 9.45. The van der Waals surface area contributed by atoms with Crippen molar-refractivity contribution in [1.29, 1.82) is 0 Å². The molecule has 0 saturated carbocycles. The van der Waals surface area contributed by atoms with E-state index in [1.54, 1.807) is 6.08 Å². The first-order valence-electron chi connectivity index (χ1n) is 6.76. The summed E-state index contributed by atoms with van der Waals surface area (Å²) in [5.74, 6) is 0. The van der Waals surface area contributed by atoms with Crippen LogP contribution in [0.3, 0.4) is 0 Å². The highest BCUT2D eigenvalue weighted by Gasteiger charge is 2.20. The van der Waals surface area contributed by atoms with Crippen molar-refractivity contribution in [3.05, 3.63) is 12.2 Å². The van der Waals surface area contributed by atoms with E-state index in [2.05, 4.69) is 13.8 Å². The lowest BCUT2D eigenvalue weighted by Gasteiger charge is -2.27. The van der Waals surface area contributed by atoms with Crippen molar-refractivity contribution in [1.82, 2.24) is 0 Å². The molecule has 0 aromatic rings. The van der Waals surface area contributed by atoms with E-state index in [1.165, 1.54) is 6.42 Å². The van der Waals surface area contributed by atoms with Gasteiger partial charge < -0.3 is 19.3 Å². The zero-order chi connectivity index (χ0) is 13.4. The Balaban J connectivity index is 2.29. The second-order valence-electron chi connectivity index (χ2n) is 5.30. The lowest BCUT2D eigenvalue weighted by molar-refractivity contribution is -0.172. The van der Waals surface area contributed by atoms with Crippen molar-refractivity contribution in [2.75, 3.05) is 19.8 Å². The van der Waals surface area contributed by atoms with Gasteiger partial charge in [0.1, 0.15) is 0 Å². The van der Waals surface area contributed by atoms with Crippen LogP contribution in [0.15, 0.2) is 12.2 Å². The van der Waals surface area contributed by atoms with Gasteiger partial charge in [-0.1, -0.05) is 19.9 Å². The van der Waals surface area contributed by atoms with Gasteiger partial charge in [0, 0.05) is 18.6 Å². The van der Waals surface area contributed by atoms with Gasteiger partial charge >= 0.3 is 0 Å². The topological polar surface area (TPSA) is 47.9 Å². The highest BCUT2D eigenvalue weighted by atomic mass is 16.7. The van der Waals surface area contributed by atoms with Crippen LogP contribution >= 0.6 is 0 Å². The van der Waals surface area contributed by atoms with Crippen LogP contribution < -0.4 is 0 Å². The Bertz CT molecular complexity index is 244. The van der Waals surface area contributed by atoms with Gasteiger partial charge in [0.25, 0.3) is 0 Å². The molecule has 4 heteroatoms. The second kappa shape index (κ2) is 7.89. The van der Waals surface area contributed by atoms with E-state index in [9.17, 15) is 5.11 Å². The minimum Gasteiger partial charge on any atom is -0.365 e. The molecule has 0 aromatic heterocycles. The van der Waals surface area contributed by atoms with Gasteiger partial charge in [-0.15, -0.1) is 0 Å². The molecular formula is C14H26O4. The Kier molecular flexibility index (Phi) is 6.86. The molecule has 0 amide bonds. The summed E-state index contributed by atoms with van der Waals surface area (Å²) < 4.78 is 16.3. The molecule has 1 fully saturated rings. The number of hydrogen-bond donors (Lipinski definition) is 1. The monoisotopic (exact) mass is 258 g/mol. The predicted octanol–water partition coefficient (Wildman–Crippen LogP) is 2.47. The number of ether oxygens (including phenoxy) is 3. The van der Waals surface area contributed by atoms with Crippen molar-refractivity contribution >= 4 is 0 Å². The zero-order valence-corrected chi connectivity index (χ0v) is 11.7. The van der Waals surface area contributed by atoms with E-state index in [4.69, 9.17) is 14.2 Å². The molecule has 2 atom stereocenters. The number of aliphatic hydroxyl groups is 1. The minimum atomic E-state index is -0.833. The van der Waals surface area contributed by atoms with E-state index in [1.807, 2.05) is 13.0 Å². The van der Waals surface area contributed by atoms with Crippen LogP contribution in [0.1, 0.15) is 40.0 Å². The molecule has 4 nitrogen and oxygen atoms in total. The highest BCUT2D eigenvalue weighted by Crippen LogP contribution is 2.21. The van der Waals surface area contributed by atoms with Gasteiger partial charge in [0.2, 0.25) is 0 Å². The first-order chi connectivity index (χ1) is 8.53. The van der Waals surface area contributed by atoms with E-state index < -0.39 is 6.29 Å². The molecule has 1 aliphatic rings. The third-order valence-electron chi connectivity index (χ3n) is 2.83. The van der Waals surface area contributed by atoms with E-state index in [-0.39, 0.29) is 11.7 Å². The number of hydrogen-bond acceptors (Lipinski definition) is 4. The summed E-state index contributed by atoms with van der Waals surface area (Å²) in [6, 6.07) is 0. The number of rotatable bonds is 7. The lowest BCUT2D eigenvalue weighted by Crippen LogP contribution is -2.27. The summed E-state index contributed by atoms with van der Waals surface area (Å²) >= 11 is 0. The smallest absolute Gasteiger partial charge is 0.174 e. The summed E-state index contributed by atoms with van der Waals surface area (Å²) in [6.45, 7) is 7.84. The third kappa shape index (κ3) is 6.50. The number of aliphatic hydroxyl groups excluding tert-OH is 1. The Morgan fingerprint density at radius 1 is 1.44 bits per heavy atom. The fourth-order valence-corrected chi connectivity index (χ4v) is 1.77. The molecular weight excluding hydrogens is 232 g/mol. The Hall–Kier alpha value is -0.420. The Labute approximate surface area is 110 Å². The van der Waals surface area contributed by atoms with Crippen molar-refractivity contribution < 1.29 is 19.3 Å². The van der Waals surface area contributed by atoms with Crippen molar-refractivity contribution in [2.45, 2.75) is 52.6 Å². The third-order valence-corrected chi connectivity index (χ3v) is 2.83. The molecule has 1 aliphatic heterocycles. The Morgan fingerprint density at radius 3 is 2.83 bits per heavy atom. The van der Waals surface area contributed by atoms with Gasteiger partial charge in [0.15, 0.2) is 12.6 Å². The lowest BCUT2D eigenvalue weighted by atomic mass is 9.94. The van der Waals surface area contributed by atoms with Crippen molar-refractivity contribution in [3.63, 3.8) is 0 Å². The molecule has 18 heavy (non-hydrogen) atoms. The normalized spacial score (nSPS) is 23.4. The molecule has 0 aromatic carbocycles. The van der Waals surface area contributed by atoms with Gasteiger partial charge in [-0.25, -0.2) is 0 Å². The second-order valence-corrected chi connectivity index (χ2v) is 5.30. The zero-order valence-electron chi connectivity index (χ0n) is 11.7. The first kappa shape index (κ1) is 15.6. The predicted molar refractivity (Wildman–Crippen MR) is 70.1 cm³/mol. The molecule has 1 N–H and O–H groups in total. The van der Waals surface area contributed by atoms with Crippen LogP contribution in [-0.2, 0) is 14.2 Å². The average Bonchev–Trinajstić information content (AvgIpc) is 2.36. The Morgan fingerprint density at radius 2 is 2.22 bits per heavy atom. The molecule has 0 spiro atoms. The molecule has 0 bridgehead atoms. The van der Waals surface area contributed by atoms with Crippen LogP contribution in [0.4, 0.5) is 0 Å². The molecule has 0 radical (unpaired) electrons. The van der Waals surface area contributed by atoms with Gasteiger partial charge in [-0.3, -0.25) is 0 Å². The van der Waals surface area contributed by atoms with E-state index in [0.717, 1.165) is 19.4 Å². The first-order valence-corrected chi connectivity index (χ1v) is 6.76. The van der Waals surface area contributed by atoms with Crippen molar-refractivity contribution in [3.8, 4) is 0 Å². The van der Waals surface area contributed by atoms with Gasteiger partial charge in [-0.2, -0.15) is 0 Å². The van der Waals surface area contributed by atoms with Crippen LogP contribution in [-0.4, -0.2) is 37.5 Å². The highest BCUT2D eigenvalue weighted by molar-refractivity contribution is 4.96. The standard InChI is InChI=1S/C14H26O4/c1-4-16-12(15)8-9-14(2,3)11-18-13-7-5-6-10-17-13/h8-9,12-13,15H,4-7,10-11H2,1-3H3. The van der Waals surface area contributed by atoms with Gasteiger partial charge in [0.05, 0.1) is 6.61 Å². The quantitative estimate of drug-likeness (QED) is 0.563. The molecule has 0 aliphatic carbocycles. The maximum atomic E-state index is 9.45. The van der Waals surface area contributed by atoms with Crippen LogP contribution in [0, 0.1) is 5.41 Å². The van der Waals surface area contributed by atoms with Crippen LogP contribution in [0.5, 0.6) is 0 Å². The maximum Gasteiger partial charge on any atom is 0.174 e. The molecule has 1 rings (SSSR count). The molecule has 2 unspecified atom stereocenters. The summed E-state index contributed by atoms with van der Waals surface area (Å²) in [5.41, 5.74) is -0.140. The van der Waals surface area contributed by atoms with Crippen LogP contribution in [0.25, 0.3) is 0 Å². The summed E-state index contributed by atoms with van der Waals surface area (Å²) in [5, 5.41) is 9.45. The van der Waals surface area contributed by atoms with E-state index in [0.29, 0.717) is 13.2 Å². The van der Waals surface area contributed by atoms with Gasteiger partial charge in [-0.05, 0) is 32.3 Å². The summed E-state index contributed by atoms with van der Waals surface area (Å²) in [7, 11) is 0. The molecule has 1 saturated heterocycles.